The second-order valence-electron chi connectivity index (χ2n) is 14.4. The molecular formula is C32H57N5O5. The van der Waals surface area contributed by atoms with Gasteiger partial charge in [-0.05, 0) is 83.8 Å². The Kier molecular flexibility index (Phi) is 11.9. The first-order valence-electron chi connectivity index (χ1n) is 16.2. The lowest BCUT2D eigenvalue weighted by atomic mass is 9.84. The minimum absolute atomic E-state index is 0.0105. The van der Waals surface area contributed by atoms with Gasteiger partial charge in [0, 0.05) is 26.2 Å². The van der Waals surface area contributed by atoms with E-state index in [0.29, 0.717) is 19.5 Å². The number of likely N-dealkylation sites (tertiary alicyclic amines) is 3. The van der Waals surface area contributed by atoms with Gasteiger partial charge in [0.05, 0.1) is 18.2 Å². The predicted octanol–water partition coefficient (Wildman–Crippen LogP) is 2.89. The van der Waals surface area contributed by atoms with Crippen molar-refractivity contribution < 1.29 is 23.9 Å². The van der Waals surface area contributed by atoms with Crippen LogP contribution in [0.3, 0.4) is 0 Å². The van der Waals surface area contributed by atoms with E-state index in [1.54, 1.807) is 9.80 Å². The van der Waals surface area contributed by atoms with E-state index in [-0.39, 0.29) is 53.8 Å². The van der Waals surface area contributed by atoms with Crippen LogP contribution in [0.2, 0.25) is 0 Å². The van der Waals surface area contributed by atoms with Gasteiger partial charge in [-0.1, -0.05) is 41.0 Å². The maximum atomic E-state index is 14.1. The molecule has 1 unspecified atom stereocenters. The topological polar surface area (TPSA) is 102 Å². The molecule has 3 fully saturated rings. The minimum atomic E-state index is -0.667. The molecule has 42 heavy (non-hydrogen) atoms. The number of nitrogens with zero attached hydrogens (tertiary/aromatic N) is 4. The largest absolute Gasteiger partial charge is 0.461 e. The van der Waals surface area contributed by atoms with Gasteiger partial charge in [-0.15, -0.1) is 0 Å². The van der Waals surface area contributed by atoms with Crippen LogP contribution in [0.15, 0.2) is 0 Å². The molecule has 0 aromatic rings. The van der Waals surface area contributed by atoms with Crippen molar-refractivity contribution in [2.24, 2.45) is 11.3 Å². The van der Waals surface area contributed by atoms with Crippen molar-refractivity contribution in [2.75, 3.05) is 40.3 Å². The zero-order valence-corrected chi connectivity index (χ0v) is 27.6. The molecule has 0 aromatic heterocycles. The normalized spacial score (nSPS) is 25.5. The number of carbonyl (C=O) groups excluding carboxylic acids is 4. The zero-order chi connectivity index (χ0) is 31.4. The molecule has 0 aliphatic carbocycles. The van der Waals surface area contributed by atoms with Crippen molar-refractivity contribution in [1.29, 1.82) is 0 Å². The van der Waals surface area contributed by atoms with E-state index in [1.165, 1.54) is 0 Å². The molecule has 1 N–H and O–H groups in total. The Labute approximate surface area is 253 Å². The lowest BCUT2D eigenvalue weighted by molar-refractivity contribution is -0.158. The number of rotatable bonds is 10. The third-order valence-corrected chi connectivity index (χ3v) is 9.32. The fourth-order valence-corrected chi connectivity index (χ4v) is 6.78. The Bertz CT molecular complexity index is 963. The third kappa shape index (κ3) is 8.24. The third-order valence-electron chi connectivity index (χ3n) is 9.32. The first kappa shape index (κ1) is 34.3. The molecule has 0 bridgehead atoms. The van der Waals surface area contributed by atoms with Crippen LogP contribution in [0.1, 0.15) is 93.4 Å². The van der Waals surface area contributed by atoms with Crippen molar-refractivity contribution in [2.45, 2.75) is 130 Å². The molecular weight excluding hydrogens is 534 g/mol. The second-order valence-corrected chi connectivity index (χ2v) is 14.4. The summed E-state index contributed by atoms with van der Waals surface area (Å²) in [5.74, 6) is -0.381. The highest BCUT2D eigenvalue weighted by molar-refractivity contribution is 5.91. The summed E-state index contributed by atoms with van der Waals surface area (Å²) >= 11 is 0. The average molecular weight is 592 g/mol. The number of carbonyl (C=O) groups is 4. The van der Waals surface area contributed by atoms with E-state index in [9.17, 15) is 19.2 Å². The molecule has 3 amide bonds. The van der Waals surface area contributed by atoms with E-state index < -0.39 is 17.5 Å². The first-order chi connectivity index (χ1) is 19.6. The van der Waals surface area contributed by atoms with Gasteiger partial charge in [0.2, 0.25) is 17.7 Å². The SMILES string of the molecule is CC(C)OC(=O)C1CCCN1C(=O)[C@@H]1CCCN1C[C@H](C(C)C)N(C)C(=O)[C@@H](NC(=O)[C@H]1CCCCN1C)C(C)(C)C. The zero-order valence-electron chi connectivity index (χ0n) is 27.6. The number of hydrogen-bond donors (Lipinski definition) is 1. The molecule has 240 valence electrons. The highest BCUT2D eigenvalue weighted by Crippen LogP contribution is 2.29. The van der Waals surface area contributed by atoms with Crippen LogP contribution in [0.25, 0.3) is 0 Å². The molecule has 5 atom stereocenters. The van der Waals surface area contributed by atoms with Crippen LogP contribution in [0.5, 0.6) is 0 Å². The van der Waals surface area contributed by atoms with Gasteiger partial charge in [-0.25, -0.2) is 4.79 Å². The molecule has 0 aromatic carbocycles. The van der Waals surface area contributed by atoms with Crippen LogP contribution in [0.4, 0.5) is 0 Å². The van der Waals surface area contributed by atoms with E-state index in [1.807, 2.05) is 48.7 Å². The van der Waals surface area contributed by atoms with Crippen molar-refractivity contribution >= 4 is 23.7 Å². The van der Waals surface area contributed by atoms with Gasteiger partial charge in [-0.3, -0.25) is 24.2 Å². The smallest absolute Gasteiger partial charge is 0.329 e. The fourth-order valence-electron chi connectivity index (χ4n) is 6.78. The van der Waals surface area contributed by atoms with E-state index >= 15 is 0 Å². The van der Waals surface area contributed by atoms with Crippen molar-refractivity contribution in [3.05, 3.63) is 0 Å². The summed E-state index contributed by atoms with van der Waals surface area (Å²) in [5.41, 5.74) is -0.475. The lowest BCUT2D eigenvalue weighted by Crippen LogP contribution is -2.61. The van der Waals surface area contributed by atoms with E-state index in [0.717, 1.165) is 51.6 Å². The van der Waals surface area contributed by atoms with Crippen LogP contribution in [-0.4, -0.2) is 120 Å². The molecule has 3 aliphatic rings. The molecule has 10 heteroatoms. The number of amides is 3. The van der Waals surface area contributed by atoms with Crippen molar-refractivity contribution in [3.63, 3.8) is 0 Å². The summed E-state index contributed by atoms with van der Waals surface area (Å²) in [4.78, 5) is 61.8. The van der Waals surface area contributed by atoms with Crippen molar-refractivity contribution in [3.8, 4) is 0 Å². The van der Waals surface area contributed by atoms with E-state index in [2.05, 4.69) is 29.0 Å². The second kappa shape index (κ2) is 14.5. The molecule has 3 rings (SSSR count). The summed E-state index contributed by atoms with van der Waals surface area (Å²) in [7, 11) is 3.81. The Morgan fingerprint density at radius 2 is 1.50 bits per heavy atom. The van der Waals surface area contributed by atoms with Gasteiger partial charge < -0.3 is 19.9 Å². The van der Waals surface area contributed by atoms with Gasteiger partial charge in [0.25, 0.3) is 0 Å². The highest BCUT2D eigenvalue weighted by Gasteiger charge is 2.44. The maximum absolute atomic E-state index is 14.1. The number of likely N-dealkylation sites (N-methyl/N-ethyl adjacent to an activating group) is 2. The maximum Gasteiger partial charge on any atom is 0.329 e. The number of piperidine rings is 1. The Morgan fingerprint density at radius 1 is 0.881 bits per heavy atom. The number of esters is 1. The molecule has 0 radical (unpaired) electrons. The standard InChI is InChI=1S/C32H57N5O5/c1-21(2)26(35(9)30(40)27(32(5,6)7)33-28(38)23-14-10-11-17-34(23)8)20-36-18-12-15-24(36)29(39)37-19-13-16-25(37)31(41)42-22(3)4/h21-27H,10-20H2,1-9H3,(H,33,38)/t23-,24+,25?,26-,27-/m1/s1. The fraction of sp³-hybridized carbons (Fsp3) is 0.875. The van der Waals surface area contributed by atoms with Crippen LogP contribution < -0.4 is 5.32 Å². The lowest BCUT2D eigenvalue weighted by Gasteiger charge is -2.41. The first-order valence-corrected chi connectivity index (χ1v) is 16.2. The van der Waals surface area contributed by atoms with Gasteiger partial charge in [0.1, 0.15) is 12.1 Å². The van der Waals surface area contributed by atoms with Crippen LogP contribution in [0, 0.1) is 11.3 Å². The molecule has 0 saturated carbocycles. The molecule has 3 aliphatic heterocycles. The summed E-state index contributed by atoms with van der Waals surface area (Å²) in [6.45, 7) is 16.6. The number of nitrogens with one attached hydrogen (secondary N) is 1. The summed E-state index contributed by atoms with van der Waals surface area (Å²) in [6.07, 6.45) is 5.73. The Morgan fingerprint density at radius 3 is 2.10 bits per heavy atom. The van der Waals surface area contributed by atoms with Crippen LogP contribution in [-0.2, 0) is 23.9 Å². The number of hydrogen-bond acceptors (Lipinski definition) is 7. The molecule has 0 spiro atoms. The van der Waals surface area contributed by atoms with Gasteiger partial charge in [0.15, 0.2) is 0 Å². The van der Waals surface area contributed by atoms with Crippen LogP contribution >= 0.6 is 0 Å². The minimum Gasteiger partial charge on any atom is -0.461 e. The molecule has 10 nitrogen and oxygen atoms in total. The monoisotopic (exact) mass is 591 g/mol. The Hall–Kier alpha value is -2.20. The van der Waals surface area contributed by atoms with Gasteiger partial charge in [-0.2, -0.15) is 0 Å². The molecule has 3 saturated heterocycles. The summed E-state index contributed by atoms with van der Waals surface area (Å²) < 4.78 is 5.46. The summed E-state index contributed by atoms with van der Waals surface area (Å²) in [5, 5.41) is 3.13. The highest BCUT2D eigenvalue weighted by atomic mass is 16.5. The van der Waals surface area contributed by atoms with E-state index in [4.69, 9.17) is 4.74 Å². The quantitative estimate of drug-likeness (QED) is 0.390. The summed E-state index contributed by atoms with van der Waals surface area (Å²) in [6, 6.07) is -1.87. The Balaban J connectivity index is 1.73. The number of ether oxygens (including phenoxy) is 1. The molecule has 3 heterocycles. The van der Waals surface area contributed by atoms with Gasteiger partial charge >= 0.3 is 5.97 Å². The van der Waals surface area contributed by atoms with Crippen molar-refractivity contribution in [1.82, 2.24) is 24.9 Å². The average Bonchev–Trinajstić information content (AvgIpc) is 3.58. The predicted molar refractivity (Wildman–Crippen MR) is 164 cm³/mol.